The summed E-state index contributed by atoms with van der Waals surface area (Å²) < 4.78 is 51.8. The summed E-state index contributed by atoms with van der Waals surface area (Å²) in [4.78, 5) is 27.5. The van der Waals surface area contributed by atoms with Gasteiger partial charge in [-0.3, -0.25) is 9.36 Å². The van der Waals surface area contributed by atoms with Gasteiger partial charge >= 0.3 is 0 Å². The van der Waals surface area contributed by atoms with E-state index in [-0.39, 0.29) is 48.5 Å². The molecule has 15 nitrogen and oxygen atoms in total. The van der Waals surface area contributed by atoms with Gasteiger partial charge in [-0.15, -0.1) is 0 Å². The number of aromatic nitrogens is 4. The minimum Gasteiger partial charge on any atom is -0.497 e. The lowest BCUT2D eigenvalue weighted by molar-refractivity contribution is -0.0926. The predicted molar refractivity (Wildman–Crippen MR) is 274 cm³/mol. The number of nitrogens with zero attached hydrogens (tertiary/aromatic N) is 6. The van der Waals surface area contributed by atoms with E-state index >= 15 is 0 Å². The molecule has 4 aromatic carbocycles. The van der Waals surface area contributed by atoms with Gasteiger partial charge in [-0.2, -0.15) is 5.26 Å². The maximum absolute atomic E-state index is 13.5. The number of methoxy groups -OCH3 is 2. The number of hydrogen-bond acceptors (Lipinski definition) is 13. The summed E-state index contributed by atoms with van der Waals surface area (Å²) in [6, 6.07) is 37.0. The van der Waals surface area contributed by atoms with Crippen molar-refractivity contribution in [3.05, 3.63) is 144 Å². The lowest BCUT2D eigenvalue weighted by Gasteiger charge is -2.42. The largest absolute Gasteiger partial charge is 0.497 e. The lowest BCUT2D eigenvalue weighted by atomic mass is 9.80. The number of imidazole rings is 1. The average molecular weight is 988 g/mol. The summed E-state index contributed by atoms with van der Waals surface area (Å²) in [5.74, 6) is 1.31. The SMILES string of the molecule is COc1ccc(C(OC[C@H]2O[C@@H](n3cnc4c(NC(=O)c5ccccc5)ncnc43)C(O[Si](C)(C)C(C)(C)C)[C@H]2OP(OCCC#N)N(C(C)C)C(C)C)(c2ccccc2)c2ccc(OC)cc2)cc1. The maximum Gasteiger partial charge on any atom is 0.259 e. The monoisotopic (exact) mass is 987 g/mol. The number of amides is 1. The lowest BCUT2D eigenvalue weighted by Crippen LogP contribution is -2.50. The van der Waals surface area contributed by atoms with Gasteiger partial charge in [-0.1, -0.05) is 93.6 Å². The van der Waals surface area contributed by atoms with E-state index in [2.05, 4.69) is 94.7 Å². The highest BCUT2D eigenvalue weighted by Crippen LogP contribution is 2.53. The molecule has 0 bridgehead atoms. The smallest absolute Gasteiger partial charge is 0.259 e. The molecule has 0 spiro atoms. The Morgan fingerprint density at radius 1 is 0.829 bits per heavy atom. The molecule has 1 N–H and O–H groups in total. The van der Waals surface area contributed by atoms with E-state index in [1.165, 1.54) is 6.33 Å². The van der Waals surface area contributed by atoms with Crippen molar-refractivity contribution < 1.29 is 37.2 Å². The van der Waals surface area contributed by atoms with Crippen LogP contribution in [0.3, 0.4) is 0 Å². The van der Waals surface area contributed by atoms with Gasteiger partial charge in [0.1, 0.15) is 41.7 Å². The van der Waals surface area contributed by atoms with Gasteiger partial charge in [-0.25, -0.2) is 19.6 Å². The Kier molecular flexibility index (Phi) is 16.9. The van der Waals surface area contributed by atoms with Crippen molar-refractivity contribution in [1.29, 1.82) is 5.26 Å². The van der Waals surface area contributed by atoms with Gasteiger partial charge in [0.2, 0.25) is 0 Å². The summed E-state index contributed by atoms with van der Waals surface area (Å²) in [6.45, 7) is 19.6. The van der Waals surface area contributed by atoms with Gasteiger partial charge in [0.25, 0.3) is 14.4 Å². The van der Waals surface area contributed by atoms with Crippen LogP contribution in [0.15, 0.2) is 122 Å². The van der Waals surface area contributed by atoms with Gasteiger partial charge in [-0.05, 0) is 98.9 Å². The summed E-state index contributed by atoms with van der Waals surface area (Å²) >= 11 is 0. The molecule has 17 heteroatoms. The van der Waals surface area contributed by atoms with E-state index in [9.17, 15) is 10.1 Å². The first-order valence-electron chi connectivity index (χ1n) is 23.6. The molecular formula is C53H66N7O8PSi. The first-order valence-corrected chi connectivity index (χ1v) is 27.7. The van der Waals surface area contributed by atoms with Crippen molar-refractivity contribution in [2.45, 2.75) is 115 Å². The van der Waals surface area contributed by atoms with Crippen LogP contribution in [0.1, 0.15) is 88.2 Å². The highest BCUT2D eigenvalue weighted by Gasteiger charge is 2.54. The van der Waals surface area contributed by atoms with E-state index < -0.39 is 47.0 Å². The number of rotatable bonds is 21. The molecule has 2 aromatic heterocycles. The number of nitrogens with one attached hydrogen (secondary N) is 1. The highest BCUT2D eigenvalue weighted by molar-refractivity contribution is 7.44. The van der Waals surface area contributed by atoms with Crippen LogP contribution in [0.5, 0.6) is 11.5 Å². The summed E-state index contributed by atoms with van der Waals surface area (Å²) in [5.41, 5.74) is 2.64. The zero-order valence-electron chi connectivity index (χ0n) is 42.0. The van der Waals surface area contributed by atoms with Gasteiger partial charge < -0.3 is 37.7 Å². The number of fused-ring (bicyclic) bond motifs is 1. The fraction of sp³-hybridized carbons (Fsp3) is 0.415. The van der Waals surface area contributed by atoms with E-state index in [1.807, 2.05) is 77.4 Å². The number of ether oxygens (including phenoxy) is 4. The average Bonchev–Trinajstić information content (AvgIpc) is 3.93. The minimum absolute atomic E-state index is 0.00377. The first-order chi connectivity index (χ1) is 33.5. The van der Waals surface area contributed by atoms with Crippen molar-refractivity contribution in [3.8, 4) is 17.6 Å². The second-order valence-electron chi connectivity index (χ2n) is 19.2. The molecule has 3 heterocycles. The molecule has 1 aliphatic rings. The van der Waals surface area contributed by atoms with Crippen LogP contribution in [0, 0.1) is 11.3 Å². The molecule has 1 aliphatic heterocycles. The third-order valence-electron chi connectivity index (χ3n) is 12.9. The third-order valence-corrected chi connectivity index (χ3v) is 19.5. The number of carbonyl (C=O) groups is 1. The molecule has 7 rings (SSSR count). The van der Waals surface area contributed by atoms with Crippen LogP contribution in [-0.4, -0.2) is 96.2 Å². The summed E-state index contributed by atoms with van der Waals surface area (Å²) in [6.07, 6.45) is -0.0410. The molecule has 370 valence electrons. The highest BCUT2D eigenvalue weighted by atomic mass is 31.2. The van der Waals surface area contributed by atoms with Crippen molar-refractivity contribution in [3.63, 3.8) is 0 Å². The Morgan fingerprint density at radius 2 is 1.40 bits per heavy atom. The summed E-state index contributed by atoms with van der Waals surface area (Å²) in [7, 11) is -1.19. The zero-order chi connectivity index (χ0) is 50.2. The molecule has 5 atom stereocenters. The molecule has 0 radical (unpaired) electrons. The summed E-state index contributed by atoms with van der Waals surface area (Å²) in [5, 5.41) is 12.4. The fourth-order valence-corrected chi connectivity index (χ4v) is 11.5. The number of hydrogen-bond donors (Lipinski definition) is 1. The van der Waals surface area contributed by atoms with Crippen LogP contribution in [0.2, 0.25) is 18.1 Å². The van der Waals surface area contributed by atoms with Gasteiger partial charge in [0.05, 0.1) is 46.3 Å². The molecule has 0 saturated carbocycles. The van der Waals surface area contributed by atoms with E-state index in [0.717, 1.165) is 16.7 Å². The number of benzene rings is 4. The molecule has 1 saturated heterocycles. The third kappa shape index (κ3) is 11.3. The van der Waals surface area contributed by atoms with Crippen molar-refractivity contribution in [2.24, 2.45) is 0 Å². The van der Waals surface area contributed by atoms with E-state index in [4.69, 9.17) is 42.4 Å². The Hall–Kier alpha value is -5.60. The van der Waals surface area contributed by atoms with Crippen LogP contribution >= 0.6 is 8.53 Å². The van der Waals surface area contributed by atoms with Crippen LogP contribution in [0.4, 0.5) is 5.82 Å². The Labute approximate surface area is 414 Å². The van der Waals surface area contributed by atoms with Crippen LogP contribution in [-0.2, 0) is 28.5 Å². The molecule has 1 amide bonds. The minimum atomic E-state index is -2.66. The van der Waals surface area contributed by atoms with Crippen molar-refractivity contribution in [2.75, 3.05) is 32.8 Å². The molecular weight excluding hydrogens is 922 g/mol. The second kappa shape index (κ2) is 22.6. The quantitative estimate of drug-likeness (QED) is 0.0314. The molecule has 6 aromatic rings. The van der Waals surface area contributed by atoms with Gasteiger partial charge in [0, 0.05) is 17.6 Å². The fourth-order valence-electron chi connectivity index (χ4n) is 8.41. The molecule has 2 unspecified atom stereocenters. The number of carbonyl (C=O) groups excluding carboxylic acids is 1. The van der Waals surface area contributed by atoms with E-state index in [0.29, 0.717) is 28.2 Å². The number of nitriles is 1. The van der Waals surface area contributed by atoms with Crippen LogP contribution < -0.4 is 14.8 Å². The topological polar surface area (TPSA) is 164 Å². The first kappa shape index (κ1) is 52.2. The predicted octanol–water partition coefficient (Wildman–Crippen LogP) is 11.1. The molecule has 70 heavy (non-hydrogen) atoms. The van der Waals surface area contributed by atoms with E-state index in [1.54, 1.807) is 44.8 Å². The standard InChI is InChI=1S/C53H66N7O8PSi/c1-36(2)60(37(3)4)69(65-32-18-31-54)67-46-44(33-64-53(39-21-16-13-17-22-39,40-23-27-42(62-8)28-24-40)41-25-29-43(63-9)30-26-41)66-51(47(46)68-70(10,11)52(5,6)7)59-35-57-45-48(55-34-56-49(45)59)58-50(61)38-19-14-12-15-20-38/h12-17,19-30,34-37,44,46-47,51H,18,32-33H2,1-11H3,(H,55,56,58,61)/t44-,46+,47?,51-,69?/m1/s1. The second-order valence-corrected chi connectivity index (χ2v) is 25.4. The maximum atomic E-state index is 13.5. The van der Waals surface area contributed by atoms with Crippen molar-refractivity contribution in [1.82, 2.24) is 24.2 Å². The number of anilines is 1. The van der Waals surface area contributed by atoms with Gasteiger partial charge in [0.15, 0.2) is 31.5 Å². The molecule has 0 aliphatic carbocycles. The molecule has 1 fully saturated rings. The zero-order valence-corrected chi connectivity index (χ0v) is 43.9. The Bertz CT molecular complexity index is 2620. The Morgan fingerprint density at radius 3 is 1.94 bits per heavy atom. The van der Waals surface area contributed by atoms with Crippen LogP contribution in [0.25, 0.3) is 11.2 Å². The normalized spacial score (nSPS) is 18.1. The van der Waals surface area contributed by atoms with Crippen molar-refractivity contribution >= 4 is 39.7 Å². The Balaban J connectivity index is 1.41.